The minimum atomic E-state index is 0.131. The number of anilines is 1. The van der Waals surface area contributed by atoms with Gasteiger partial charge in [-0.25, -0.2) is 9.97 Å². The smallest absolute Gasteiger partial charge is 0.222 e. The molecule has 2 heterocycles. The van der Waals surface area contributed by atoms with E-state index in [0.29, 0.717) is 5.92 Å². The van der Waals surface area contributed by atoms with Crippen LogP contribution in [0.3, 0.4) is 0 Å². The summed E-state index contributed by atoms with van der Waals surface area (Å²) < 4.78 is 0.819. The molecule has 2 rings (SSSR count). The molecule has 1 saturated heterocycles. The maximum absolute atomic E-state index is 11.6. The fourth-order valence-corrected chi connectivity index (χ4v) is 2.80. The van der Waals surface area contributed by atoms with Gasteiger partial charge in [-0.3, -0.25) is 4.79 Å². The average molecular weight is 341 g/mol. The average Bonchev–Trinajstić information content (AvgIpc) is 2.46. The van der Waals surface area contributed by atoms with Gasteiger partial charge in [-0.2, -0.15) is 0 Å². The monoisotopic (exact) mass is 340 g/mol. The molecule has 5 nitrogen and oxygen atoms in total. The van der Waals surface area contributed by atoms with E-state index in [9.17, 15) is 4.79 Å². The fourth-order valence-electron chi connectivity index (χ4n) is 2.42. The van der Waals surface area contributed by atoms with Gasteiger partial charge in [-0.15, -0.1) is 0 Å². The molecule has 20 heavy (non-hydrogen) atoms. The fraction of sp³-hybridized carbons (Fsp3) is 0.643. The summed E-state index contributed by atoms with van der Waals surface area (Å²) in [6.07, 6.45) is 1.75. The maximum Gasteiger partial charge on any atom is 0.222 e. The number of carbonyl (C=O) groups is 1. The Morgan fingerprint density at radius 3 is 2.60 bits per heavy atom. The molecule has 1 aromatic heterocycles. The van der Waals surface area contributed by atoms with E-state index >= 15 is 0 Å². The van der Waals surface area contributed by atoms with Crippen LogP contribution in [-0.2, 0) is 4.79 Å². The number of piperidine rings is 1. The predicted molar refractivity (Wildman–Crippen MR) is 82.8 cm³/mol. The Bertz CT molecular complexity index is 484. The third-order valence-electron chi connectivity index (χ3n) is 3.65. The minimum absolute atomic E-state index is 0.131. The normalized spacial score (nSPS) is 16.6. The summed E-state index contributed by atoms with van der Waals surface area (Å²) in [6, 6.07) is 1.95. The van der Waals surface area contributed by atoms with Crippen LogP contribution in [0.25, 0.3) is 0 Å². The summed E-state index contributed by atoms with van der Waals surface area (Å²) in [4.78, 5) is 22.9. The first kappa shape index (κ1) is 15.2. The Labute approximate surface area is 128 Å². The number of nitrogens with zero attached hydrogens (tertiary/aromatic N) is 3. The Kier molecular flexibility index (Phi) is 4.96. The molecule has 0 unspecified atom stereocenters. The van der Waals surface area contributed by atoms with E-state index in [-0.39, 0.29) is 11.8 Å². The van der Waals surface area contributed by atoms with Gasteiger partial charge in [0.05, 0.1) is 0 Å². The molecule has 1 aromatic rings. The molecule has 1 N–H and O–H groups in total. The number of hydrogen-bond donors (Lipinski definition) is 1. The van der Waals surface area contributed by atoms with Gasteiger partial charge in [-0.05, 0) is 28.8 Å². The summed E-state index contributed by atoms with van der Waals surface area (Å²) in [6.45, 7) is 5.89. The van der Waals surface area contributed by atoms with E-state index in [1.54, 1.807) is 7.05 Å². The van der Waals surface area contributed by atoms with E-state index in [1.807, 2.05) is 6.07 Å². The molecule has 1 fully saturated rings. The minimum Gasteiger partial charge on any atom is -0.359 e. The Hall–Kier alpha value is -1.17. The number of carbonyl (C=O) groups excluding carboxylic acids is 1. The molecule has 0 saturated carbocycles. The van der Waals surface area contributed by atoms with Crippen LogP contribution in [0.2, 0.25) is 0 Å². The molecule has 1 aliphatic rings. The zero-order chi connectivity index (χ0) is 14.7. The molecular formula is C14H21BrN4O. The van der Waals surface area contributed by atoms with E-state index < -0.39 is 0 Å². The van der Waals surface area contributed by atoms with Crippen molar-refractivity contribution in [1.82, 2.24) is 15.3 Å². The number of nitrogens with one attached hydrogen (secondary N) is 1. The molecule has 1 aliphatic heterocycles. The van der Waals surface area contributed by atoms with Crippen LogP contribution in [0.1, 0.15) is 38.4 Å². The largest absolute Gasteiger partial charge is 0.359 e. The second kappa shape index (κ2) is 6.52. The molecule has 6 heteroatoms. The van der Waals surface area contributed by atoms with Gasteiger partial charge in [0, 0.05) is 38.0 Å². The number of hydrogen-bond acceptors (Lipinski definition) is 4. The molecule has 0 spiro atoms. The van der Waals surface area contributed by atoms with E-state index in [1.165, 1.54) is 0 Å². The number of halogens is 1. The third kappa shape index (κ3) is 3.48. The molecular weight excluding hydrogens is 320 g/mol. The summed E-state index contributed by atoms with van der Waals surface area (Å²) in [5.41, 5.74) is 0. The predicted octanol–water partition coefficient (Wildman–Crippen LogP) is 2.32. The van der Waals surface area contributed by atoms with Crippen LogP contribution in [0.15, 0.2) is 10.7 Å². The van der Waals surface area contributed by atoms with Crippen LogP contribution >= 0.6 is 15.9 Å². The molecule has 110 valence electrons. The second-order valence-corrected chi connectivity index (χ2v) is 6.25. The SMILES string of the molecule is CNC(=O)C1CCN(c2cc(Br)nc(C(C)C)n2)CC1. The highest BCUT2D eigenvalue weighted by Gasteiger charge is 2.25. The van der Waals surface area contributed by atoms with Crippen LogP contribution < -0.4 is 10.2 Å². The zero-order valence-corrected chi connectivity index (χ0v) is 13.8. The van der Waals surface area contributed by atoms with Crippen molar-refractivity contribution in [2.75, 3.05) is 25.0 Å². The Balaban J connectivity index is 2.09. The van der Waals surface area contributed by atoms with Crippen molar-refractivity contribution in [2.45, 2.75) is 32.6 Å². The second-order valence-electron chi connectivity index (χ2n) is 5.44. The third-order valence-corrected chi connectivity index (χ3v) is 4.06. The van der Waals surface area contributed by atoms with Crippen molar-refractivity contribution >= 4 is 27.7 Å². The molecule has 0 aliphatic carbocycles. The first-order valence-corrected chi connectivity index (χ1v) is 7.81. The van der Waals surface area contributed by atoms with Crippen molar-refractivity contribution < 1.29 is 4.79 Å². The number of rotatable bonds is 3. The first-order valence-electron chi connectivity index (χ1n) is 7.02. The molecule has 0 radical (unpaired) electrons. The molecule has 0 aromatic carbocycles. The van der Waals surface area contributed by atoms with E-state index in [4.69, 9.17) is 0 Å². The number of amides is 1. The lowest BCUT2D eigenvalue weighted by Gasteiger charge is -2.32. The van der Waals surface area contributed by atoms with Crippen molar-refractivity contribution in [3.8, 4) is 0 Å². The summed E-state index contributed by atoms with van der Waals surface area (Å²) in [7, 11) is 1.70. The van der Waals surface area contributed by atoms with Gasteiger partial charge >= 0.3 is 0 Å². The van der Waals surface area contributed by atoms with Crippen molar-refractivity contribution in [1.29, 1.82) is 0 Å². The van der Waals surface area contributed by atoms with Crippen LogP contribution in [0.4, 0.5) is 5.82 Å². The highest BCUT2D eigenvalue weighted by atomic mass is 79.9. The molecule has 1 amide bonds. The van der Waals surface area contributed by atoms with Gasteiger partial charge in [0.1, 0.15) is 16.2 Å². The first-order chi connectivity index (χ1) is 9.51. The van der Waals surface area contributed by atoms with Crippen molar-refractivity contribution in [3.63, 3.8) is 0 Å². The Morgan fingerprint density at radius 1 is 1.40 bits per heavy atom. The van der Waals surface area contributed by atoms with Crippen LogP contribution in [-0.4, -0.2) is 36.0 Å². The zero-order valence-electron chi connectivity index (χ0n) is 12.2. The standard InChI is InChI=1S/C14H21BrN4O/c1-9(2)13-17-11(15)8-12(18-13)19-6-4-10(5-7-19)14(20)16-3/h8-10H,4-7H2,1-3H3,(H,16,20). The Morgan fingerprint density at radius 2 is 2.05 bits per heavy atom. The molecule has 0 atom stereocenters. The lowest BCUT2D eigenvalue weighted by molar-refractivity contribution is -0.125. The summed E-state index contributed by atoms with van der Waals surface area (Å²) in [5, 5.41) is 2.73. The quantitative estimate of drug-likeness (QED) is 0.858. The lowest BCUT2D eigenvalue weighted by atomic mass is 9.96. The summed E-state index contributed by atoms with van der Waals surface area (Å²) in [5.74, 6) is 2.38. The van der Waals surface area contributed by atoms with Gasteiger partial charge in [0.25, 0.3) is 0 Å². The van der Waals surface area contributed by atoms with Gasteiger partial charge in [0.2, 0.25) is 5.91 Å². The maximum atomic E-state index is 11.6. The van der Waals surface area contributed by atoms with Gasteiger partial charge < -0.3 is 10.2 Å². The van der Waals surface area contributed by atoms with E-state index in [0.717, 1.165) is 42.2 Å². The van der Waals surface area contributed by atoms with Crippen LogP contribution in [0.5, 0.6) is 0 Å². The topological polar surface area (TPSA) is 58.1 Å². The highest BCUT2D eigenvalue weighted by molar-refractivity contribution is 9.10. The van der Waals surface area contributed by atoms with Crippen LogP contribution in [0, 0.1) is 5.92 Å². The van der Waals surface area contributed by atoms with Crippen molar-refractivity contribution in [2.24, 2.45) is 5.92 Å². The van der Waals surface area contributed by atoms with Crippen molar-refractivity contribution in [3.05, 3.63) is 16.5 Å². The molecule has 0 bridgehead atoms. The lowest BCUT2D eigenvalue weighted by Crippen LogP contribution is -2.40. The highest BCUT2D eigenvalue weighted by Crippen LogP contribution is 2.25. The van der Waals surface area contributed by atoms with E-state index in [2.05, 4.69) is 50.0 Å². The number of aromatic nitrogens is 2. The summed E-state index contributed by atoms with van der Waals surface area (Å²) >= 11 is 3.45. The van der Waals surface area contributed by atoms with Gasteiger partial charge in [0.15, 0.2) is 0 Å². The van der Waals surface area contributed by atoms with Gasteiger partial charge in [-0.1, -0.05) is 13.8 Å².